The molecule has 27 heavy (non-hydrogen) atoms. The summed E-state index contributed by atoms with van der Waals surface area (Å²) in [6.07, 6.45) is 1.09. The molecule has 0 atom stereocenters. The summed E-state index contributed by atoms with van der Waals surface area (Å²) in [6.45, 7) is 2.31. The molecule has 2 aromatic rings. The number of halogens is 1. The summed E-state index contributed by atoms with van der Waals surface area (Å²) in [4.78, 5) is 13.3. The molecule has 0 bridgehead atoms. The molecule has 5 nitrogen and oxygen atoms in total. The first kappa shape index (κ1) is 21.8. The number of hydrogen-bond acceptors (Lipinski definition) is 4. The smallest absolute Gasteiger partial charge is 0.235 e. The van der Waals surface area contributed by atoms with Crippen molar-refractivity contribution in [3.8, 4) is 0 Å². The van der Waals surface area contributed by atoms with Gasteiger partial charge in [0.2, 0.25) is 15.9 Å². The first-order valence-electron chi connectivity index (χ1n) is 8.40. The lowest BCUT2D eigenvalue weighted by molar-refractivity contribution is -0.121. The summed E-state index contributed by atoms with van der Waals surface area (Å²) in [7, 11) is -3.54. The van der Waals surface area contributed by atoms with Crippen LogP contribution in [-0.4, -0.2) is 43.7 Å². The van der Waals surface area contributed by atoms with Crippen LogP contribution in [0, 0.1) is 6.92 Å². The van der Waals surface area contributed by atoms with Gasteiger partial charge < -0.3 is 5.32 Å². The lowest BCUT2D eigenvalue weighted by atomic mass is 10.2. The lowest BCUT2D eigenvalue weighted by Gasteiger charge is -2.20. The van der Waals surface area contributed by atoms with E-state index in [0.717, 1.165) is 15.5 Å². The molecule has 8 heteroatoms. The normalized spacial score (nSPS) is 11.6. The standard InChI is InChI=1S/C19H23ClN2O3S2/c1-15-7-9-17(10-8-15)26-12-11-21-19(23)14-22(27(2,24)25)13-16-5-3-4-6-18(16)20/h3-10H,11-14H2,1-2H3,(H,21,23). The number of carbonyl (C=O) groups is 1. The average Bonchev–Trinajstić information content (AvgIpc) is 2.60. The SMILES string of the molecule is Cc1ccc(SCCNC(=O)CN(Cc2ccccc2Cl)S(C)(=O)=O)cc1. The van der Waals surface area contributed by atoms with E-state index in [9.17, 15) is 13.2 Å². The van der Waals surface area contributed by atoms with Crippen LogP contribution in [0.2, 0.25) is 5.02 Å². The van der Waals surface area contributed by atoms with Gasteiger partial charge >= 0.3 is 0 Å². The fraction of sp³-hybridized carbons (Fsp3) is 0.316. The molecule has 0 fully saturated rings. The highest BCUT2D eigenvalue weighted by molar-refractivity contribution is 7.99. The highest BCUT2D eigenvalue weighted by Crippen LogP contribution is 2.19. The molecule has 0 aromatic heterocycles. The van der Waals surface area contributed by atoms with Crippen LogP contribution in [0.3, 0.4) is 0 Å². The van der Waals surface area contributed by atoms with Crippen molar-refractivity contribution in [2.45, 2.75) is 18.4 Å². The van der Waals surface area contributed by atoms with Crippen LogP contribution >= 0.6 is 23.4 Å². The maximum Gasteiger partial charge on any atom is 0.235 e. The molecule has 1 N–H and O–H groups in total. The summed E-state index contributed by atoms with van der Waals surface area (Å²) >= 11 is 7.74. The van der Waals surface area contributed by atoms with Crippen LogP contribution < -0.4 is 5.32 Å². The Balaban J connectivity index is 1.85. The average molecular weight is 427 g/mol. The van der Waals surface area contributed by atoms with Crippen molar-refractivity contribution in [1.29, 1.82) is 0 Å². The Bertz CT molecular complexity index is 871. The number of carbonyl (C=O) groups excluding carboxylic acids is 1. The van der Waals surface area contributed by atoms with E-state index in [2.05, 4.69) is 5.32 Å². The van der Waals surface area contributed by atoms with Gasteiger partial charge in [0.25, 0.3) is 0 Å². The van der Waals surface area contributed by atoms with E-state index in [1.54, 1.807) is 36.0 Å². The third-order valence-corrected chi connectivity index (χ3v) is 6.39. The molecule has 0 aliphatic carbocycles. The summed E-state index contributed by atoms with van der Waals surface area (Å²) in [5, 5.41) is 3.24. The number of benzene rings is 2. The van der Waals surface area contributed by atoms with E-state index in [4.69, 9.17) is 11.6 Å². The molecule has 0 unspecified atom stereocenters. The molecular weight excluding hydrogens is 404 g/mol. The monoisotopic (exact) mass is 426 g/mol. The molecule has 0 radical (unpaired) electrons. The second-order valence-corrected chi connectivity index (χ2v) is 9.69. The number of hydrogen-bond donors (Lipinski definition) is 1. The van der Waals surface area contributed by atoms with Gasteiger partial charge in [-0.25, -0.2) is 8.42 Å². The van der Waals surface area contributed by atoms with Gasteiger partial charge in [-0.2, -0.15) is 4.31 Å². The molecule has 1 amide bonds. The van der Waals surface area contributed by atoms with Crippen molar-refractivity contribution < 1.29 is 13.2 Å². The molecule has 0 aliphatic rings. The number of amides is 1. The second kappa shape index (κ2) is 10.1. The van der Waals surface area contributed by atoms with E-state index in [-0.39, 0.29) is 19.0 Å². The van der Waals surface area contributed by atoms with E-state index in [1.165, 1.54) is 5.56 Å². The third kappa shape index (κ3) is 7.54. The van der Waals surface area contributed by atoms with Gasteiger partial charge in [0.1, 0.15) is 0 Å². The van der Waals surface area contributed by atoms with Gasteiger partial charge in [0.05, 0.1) is 12.8 Å². The van der Waals surface area contributed by atoms with Crippen molar-refractivity contribution in [3.63, 3.8) is 0 Å². The Morgan fingerprint density at radius 3 is 2.44 bits per heavy atom. The predicted molar refractivity (Wildman–Crippen MR) is 112 cm³/mol. The van der Waals surface area contributed by atoms with E-state index in [0.29, 0.717) is 22.9 Å². The molecule has 2 rings (SSSR count). The Morgan fingerprint density at radius 1 is 1.15 bits per heavy atom. The predicted octanol–water partition coefficient (Wildman–Crippen LogP) is 3.32. The lowest BCUT2D eigenvalue weighted by Crippen LogP contribution is -2.40. The third-order valence-electron chi connectivity index (χ3n) is 3.81. The summed E-state index contributed by atoms with van der Waals surface area (Å²) in [6, 6.07) is 15.2. The number of rotatable bonds is 9. The topological polar surface area (TPSA) is 66.5 Å². The summed E-state index contributed by atoms with van der Waals surface area (Å²) in [5.74, 6) is 0.370. The van der Waals surface area contributed by atoms with Crippen molar-refractivity contribution in [3.05, 3.63) is 64.7 Å². The number of nitrogens with zero attached hydrogens (tertiary/aromatic N) is 1. The first-order valence-corrected chi connectivity index (χ1v) is 11.6. The summed E-state index contributed by atoms with van der Waals surface area (Å²) < 4.78 is 25.2. The molecule has 0 aliphatic heterocycles. The zero-order valence-corrected chi connectivity index (χ0v) is 17.7. The minimum Gasteiger partial charge on any atom is -0.354 e. The number of nitrogens with one attached hydrogen (secondary N) is 1. The molecule has 146 valence electrons. The Morgan fingerprint density at radius 2 is 1.81 bits per heavy atom. The quantitative estimate of drug-likeness (QED) is 0.493. The molecule has 0 saturated carbocycles. The minimum absolute atomic E-state index is 0.0596. The molecule has 0 spiro atoms. The number of thioether (sulfide) groups is 1. The Kier molecular flexibility index (Phi) is 8.16. The fourth-order valence-corrected chi connectivity index (χ4v) is 4.01. The van der Waals surface area contributed by atoms with Gasteiger partial charge in [0, 0.05) is 28.8 Å². The second-order valence-electron chi connectivity index (χ2n) is 6.13. The van der Waals surface area contributed by atoms with Crippen LogP contribution in [-0.2, 0) is 21.4 Å². The van der Waals surface area contributed by atoms with Crippen molar-refractivity contribution in [2.75, 3.05) is 25.1 Å². The largest absolute Gasteiger partial charge is 0.354 e. The van der Waals surface area contributed by atoms with Crippen molar-refractivity contribution >= 4 is 39.3 Å². The minimum atomic E-state index is -3.54. The van der Waals surface area contributed by atoms with Crippen molar-refractivity contribution in [1.82, 2.24) is 9.62 Å². The zero-order chi connectivity index (χ0) is 19.9. The van der Waals surface area contributed by atoms with Crippen LogP contribution in [0.1, 0.15) is 11.1 Å². The van der Waals surface area contributed by atoms with Gasteiger partial charge in [-0.3, -0.25) is 4.79 Å². The molecule has 0 saturated heterocycles. The van der Waals surface area contributed by atoms with E-state index in [1.807, 2.05) is 31.2 Å². The molecular formula is C19H23ClN2O3S2. The van der Waals surface area contributed by atoms with E-state index >= 15 is 0 Å². The van der Waals surface area contributed by atoms with Crippen molar-refractivity contribution in [2.24, 2.45) is 0 Å². The molecule has 2 aromatic carbocycles. The van der Waals surface area contributed by atoms with Gasteiger partial charge in [0.15, 0.2) is 0 Å². The van der Waals surface area contributed by atoms with Gasteiger partial charge in [-0.15, -0.1) is 11.8 Å². The van der Waals surface area contributed by atoms with Crippen LogP contribution in [0.5, 0.6) is 0 Å². The van der Waals surface area contributed by atoms with Gasteiger partial charge in [-0.1, -0.05) is 47.5 Å². The van der Waals surface area contributed by atoms with Gasteiger partial charge in [-0.05, 0) is 30.7 Å². The highest BCUT2D eigenvalue weighted by atomic mass is 35.5. The number of sulfonamides is 1. The number of aryl methyl sites for hydroxylation is 1. The van der Waals surface area contributed by atoms with Crippen LogP contribution in [0.4, 0.5) is 0 Å². The molecule has 0 heterocycles. The zero-order valence-electron chi connectivity index (χ0n) is 15.3. The van der Waals surface area contributed by atoms with Crippen LogP contribution in [0.25, 0.3) is 0 Å². The maximum atomic E-state index is 12.2. The first-order chi connectivity index (χ1) is 12.8. The Labute approximate surface area is 170 Å². The Hall–Kier alpha value is -1.54. The fourth-order valence-electron chi connectivity index (χ4n) is 2.32. The van der Waals surface area contributed by atoms with E-state index < -0.39 is 10.0 Å². The van der Waals surface area contributed by atoms with Crippen LogP contribution in [0.15, 0.2) is 53.4 Å². The maximum absolute atomic E-state index is 12.2. The highest BCUT2D eigenvalue weighted by Gasteiger charge is 2.21. The summed E-state index contributed by atoms with van der Waals surface area (Å²) in [5.41, 5.74) is 1.86.